The van der Waals surface area contributed by atoms with E-state index in [4.69, 9.17) is 17.2 Å². The van der Waals surface area contributed by atoms with Crippen LogP contribution in [0.5, 0.6) is 5.75 Å². The molecule has 0 saturated heterocycles. The van der Waals surface area contributed by atoms with Gasteiger partial charge in [0.25, 0.3) is 0 Å². The van der Waals surface area contributed by atoms with E-state index < -0.39 is 70.4 Å². The average Bonchev–Trinajstić information content (AvgIpc) is 3.16. The van der Waals surface area contributed by atoms with E-state index >= 15 is 0 Å². The van der Waals surface area contributed by atoms with Gasteiger partial charge in [-0.05, 0) is 95.0 Å². The Kier molecular flexibility index (Phi) is 24.2. The fourth-order valence-electron chi connectivity index (χ4n) is 6.12. The largest absolute Gasteiger partial charge is 0.628 e. The summed E-state index contributed by atoms with van der Waals surface area (Å²) >= 11 is 0. The van der Waals surface area contributed by atoms with Crippen molar-refractivity contribution in [3.63, 3.8) is 0 Å². The molecule has 0 heterocycles. The molecule has 0 aliphatic carbocycles. The molecule has 1 aromatic carbocycles. The number of hydrogen-bond donors (Lipinski definition) is 10. The summed E-state index contributed by atoms with van der Waals surface area (Å²) in [5, 5.41) is 45.7. The number of guanidine groups is 1. The topological polar surface area (TPSA) is 317 Å². The van der Waals surface area contributed by atoms with Gasteiger partial charge in [0.2, 0.25) is 29.5 Å². The lowest BCUT2D eigenvalue weighted by atomic mass is 10.00. The lowest BCUT2D eigenvalue weighted by Crippen LogP contribution is -2.59. The zero-order valence-corrected chi connectivity index (χ0v) is 36.0. The molecule has 1 aromatic rings. The number of phenols is 1. The van der Waals surface area contributed by atoms with Gasteiger partial charge >= 0.3 is 5.97 Å². The molecule has 5 amide bonds. The summed E-state index contributed by atoms with van der Waals surface area (Å²) in [5.74, 6) is -5.15. The van der Waals surface area contributed by atoms with E-state index in [1.807, 2.05) is 13.8 Å². The van der Waals surface area contributed by atoms with Gasteiger partial charge < -0.3 is 63.9 Å². The minimum atomic E-state index is -1.31. The number of amides is 5. The number of carboxylic acids is 1. The van der Waals surface area contributed by atoms with E-state index in [1.165, 1.54) is 26.1 Å². The first-order valence-electron chi connectivity index (χ1n) is 20.7. The molecule has 0 radical (unpaired) electrons. The highest BCUT2D eigenvalue weighted by molar-refractivity contribution is 5.96. The van der Waals surface area contributed by atoms with Crippen LogP contribution in [0, 0.1) is 11.1 Å². The Labute approximate surface area is 353 Å². The zero-order chi connectivity index (χ0) is 45.4. The van der Waals surface area contributed by atoms with Gasteiger partial charge in [-0.1, -0.05) is 45.7 Å². The second kappa shape index (κ2) is 27.5. The van der Waals surface area contributed by atoms with Gasteiger partial charge in [0, 0.05) is 13.0 Å². The molecule has 1 unspecified atom stereocenters. The van der Waals surface area contributed by atoms with Crippen LogP contribution in [0.15, 0.2) is 41.5 Å². The highest BCUT2D eigenvalue weighted by Gasteiger charge is 2.32. The highest BCUT2D eigenvalue weighted by atomic mass is 16.5. The van der Waals surface area contributed by atoms with Gasteiger partial charge in [-0.3, -0.25) is 29.0 Å². The minimum Gasteiger partial charge on any atom is -0.628 e. The number of carbonyl (C=O) groups is 6. The number of quaternary nitrogens is 1. The van der Waals surface area contributed by atoms with Crippen molar-refractivity contribution in [2.24, 2.45) is 28.1 Å². The number of phenolic OH excluding ortho intramolecular Hbond substituents is 1. The third kappa shape index (κ3) is 21.1. The van der Waals surface area contributed by atoms with E-state index in [-0.39, 0.29) is 74.9 Å². The lowest BCUT2D eigenvalue weighted by Gasteiger charge is -2.39. The van der Waals surface area contributed by atoms with E-state index in [9.17, 15) is 44.2 Å². The van der Waals surface area contributed by atoms with Gasteiger partial charge in [0.15, 0.2) is 5.96 Å². The van der Waals surface area contributed by atoms with Crippen LogP contribution in [0.2, 0.25) is 0 Å². The maximum atomic E-state index is 14.1. The number of hydrogen-bond acceptors (Lipinski definition) is 10. The van der Waals surface area contributed by atoms with Crippen LogP contribution in [0.1, 0.15) is 104 Å². The van der Waals surface area contributed by atoms with Crippen molar-refractivity contribution >= 4 is 41.5 Å². The van der Waals surface area contributed by atoms with E-state index in [2.05, 4.69) is 45.1 Å². The summed E-state index contributed by atoms with van der Waals surface area (Å²) < 4.78 is -0.796. The molecular formula is C41H70N10O9. The Morgan fingerprint density at radius 3 is 1.95 bits per heavy atom. The zero-order valence-electron chi connectivity index (χ0n) is 36.0. The molecule has 13 N–H and O–H groups in total. The molecule has 60 heavy (non-hydrogen) atoms. The van der Waals surface area contributed by atoms with Crippen LogP contribution >= 0.6 is 0 Å². The highest BCUT2D eigenvalue weighted by Crippen LogP contribution is 2.18. The van der Waals surface area contributed by atoms with Crippen molar-refractivity contribution in [2.75, 3.05) is 26.7 Å². The fourth-order valence-corrected chi connectivity index (χ4v) is 6.12. The number of unbranched alkanes of at least 4 members (excludes halogenated alkanes) is 4. The molecule has 338 valence electrons. The molecule has 19 heteroatoms. The number of aromatic hydroxyl groups is 1. The minimum absolute atomic E-state index is 0.00886. The van der Waals surface area contributed by atoms with Gasteiger partial charge in [0.1, 0.15) is 48.1 Å². The first-order valence-corrected chi connectivity index (χ1v) is 20.7. The number of hydroxylamine groups is 3. The summed E-state index contributed by atoms with van der Waals surface area (Å²) in [7, 11) is 1.44. The Hall–Kier alpha value is -5.27. The quantitative estimate of drug-likeness (QED) is 0.0171. The van der Waals surface area contributed by atoms with Gasteiger partial charge in [-0.15, -0.1) is 0 Å². The molecule has 0 aliphatic rings. The standard InChI is InChI=1S/C41H70N10O9/c1-7-8-9-12-22-51(6,60)27(4)24-35(53)47-33(23-26(2)3)38(56)50-34(25-29-16-18-30(52)19-17-29)39(57)48-31(15-13-21-45-41(43)44)37(55)46-28(5)36(54)49-32(40(58)59)14-10-11-20-42/h16-19,26,28,31-34,52H,4,7-15,20-25,42H2,1-3,5-6H3,(H,46,55)(H,47,53)(H,48,57)(H,49,54)(H,50,56)(H,58,59)(H4,43,44,45)/t28-,31+,32+,33+,34-,51?/m0/s1. The smallest absolute Gasteiger partial charge is 0.326 e. The lowest BCUT2D eigenvalue weighted by molar-refractivity contribution is -0.822. The second-order valence-corrected chi connectivity index (χ2v) is 15.7. The first-order chi connectivity index (χ1) is 28.2. The predicted molar refractivity (Wildman–Crippen MR) is 229 cm³/mol. The van der Waals surface area contributed by atoms with Gasteiger partial charge in [0.05, 0.1) is 13.6 Å². The van der Waals surface area contributed by atoms with E-state index in [0.717, 1.165) is 19.3 Å². The van der Waals surface area contributed by atoms with Crippen molar-refractivity contribution in [3.05, 3.63) is 47.3 Å². The Morgan fingerprint density at radius 1 is 0.783 bits per heavy atom. The Balaban J connectivity index is 3.34. The third-order valence-electron chi connectivity index (χ3n) is 9.73. The number of nitrogens with zero attached hydrogens (tertiary/aromatic N) is 2. The summed E-state index contributed by atoms with van der Waals surface area (Å²) in [4.78, 5) is 83.7. The number of rotatable bonds is 30. The van der Waals surface area contributed by atoms with Crippen LogP contribution in [0.3, 0.4) is 0 Å². The number of nitrogens with two attached hydrogens (primary N) is 3. The Bertz CT molecular complexity index is 1580. The summed E-state index contributed by atoms with van der Waals surface area (Å²) in [5.41, 5.74) is 17.1. The summed E-state index contributed by atoms with van der Waals surface area (Å²) in [6.45, 7) is 11.7. The van der Waals surface area contributed by atoms with Crippen molar-refractivity contribution < 1.29 is 43.6 Å². The molecule has 6 atom stereocenters. The molecule has 19 nitrogen and oxygen atoms in total. The summed E-state index contributed by atoms with van der Waals surface area (Å²) in [6.07, 6.45) is 4.68. The van der Waals surface area contributed by atoms with Crippen LogP contribution in [0.4, 0.5) is 0 Å². The molecular weight excluding hydrogens is 777 g/mol. The number of nitrogens with one attached hydrogen (secondary N) is 5. The maximum absolute atomic E-state index is 14.1. The molecule has 0 aromatic heterocycles. The van der Waals surface area contributed by atoms with Crippen LogP contribution in [-0.4, -0.2) is 113 Å². The molecule has 0 saturated carbocycles. The van der Waals surface area contributed by atoms with Crippen molar-refractivity contribution in [2.45, 2.75) is 135 Å². The normalized spacial score (nSPS) is 14.6. The number of carboxylic acid groups (broad SMARTS) is 1. The number of aliphatic imine (C=N–C) groups is 1. The molecule has 0 bridgehead atoms. The second-order valence-electron chi connectivity index (χ2n) is 15.7. The summed E-state index contributed by atoms with van der Waals surface area (Å²) in [6, 6.07) is -0.196. The van der Waals surface area contributed by atoms with Gasteiger partial charge in [-0.2, -0.15) is 0 Å². The third-order valence-corrected chi connectivity index (χ3v) is 9.73. The monoisotopic (exact) mass is 847 g/mol. The van der Waals surface area contributed by atoms with Crippen LogP contribution < -0.4 is 43.8 Å². The molecule has 0 fully saturated rings. The van der Waals surface area contributed by atoms with Crippen molar-refractivity contribution in [1.29, 1.82) is 0 Å². The Morgan fingerprint density at radius 2 is 1.37 bits per heavy atom. The molecule has 1 rings (SSSR count). The SMILES string of the molecule is C=C(CC(=O)N[C@H](CC(C)C)C(=O)N[C@@H](Cc1ccc(O)cc1)C(=O)N[C@H](CCCN=C(N)N)C(=O)N[C@@H](C)C(=O)N[C@H](CCCCN)C(=O)O)[N+](C)([O-])CCCCCC. The van der Waals surface area contributed by atoms with Gasteiger partial charge in [-0.25, -0.2) is 4.79 Å². The number of aliphatic carboxylic acids is 1. The van der Waals surface area contributed by atoms with E-state index in [1.54, 1.807) is 12.1 Å². The molecule has 0 aliphatic heterocycles. The number of carbonyl (C=O) groups excluding carboxylic acids is 5. The average molecular weight is 847 g/mol. The fraction of sp³-hybridized carbons (Fsp3) is 0.634. The van der Waals surface area contributed by atoms with E-state index in [0.29, 0.717) is 31.4 Å². The van der Waals surface area contributed by atoms with Crippen LogP contribution in [-0.2, 0) is 35.2 Å². The predicted octanol–water partition coefficient (Wildman–Crippen LogP) is 1.12. The van der Waals surface area contributed by atoms with Crippen molar-refractivity contribution in [1.82, 2.24) is 26.6 Å². The van der Waals surface area contributed by atoms with Crippen molar-refractivity contribution in [3.8, 4) is 5.75 Å². The maximum Gasteiger partial charge on any atom is 0.326 e. The molecule has 0 spiro atoms. The first kappa shape index (κ1) is 52.7. The van der Waals surface area contributed by atoms with Crippen LogP contribution in [0.25, 0.3) is 0 Å². The number of benzene rings is 1.